The van der Waals surface area contributed by atoms with Gasteiger partial charge in [-0.25, -0.2) is 9.59 Å². The number of carbonyl (C=O) groups is 3. The van der Waals surface area contributed by atoms with E-state index in [0.717, 1.165) is 18.7 Å². The molecule has 1 unspecified atom stereocenters. The van der Waals surface area contributed by atoms with Crippen LogP contribution in [-0.2, 0) is 19.7 Å². The molecule has 1 aromatic rings. The molecule has 144 valence electrons. The zero-order chi connectivity index (χ0) is 19.2. The van der Waals surface area contributed by atoms with Crippen LogP contribution in [0.1, 0.15) is 18.9 Å². The van der Waals surface area contributed by atoms with Gasteiger partial charge in [-0.2, -0.15) is 0 Å². The smallest absolute Gasteiger partial charge is 0.414 e. The lowest BCUT2D eigenvalue weighted by Crippen LogP contribution is -2.33. The highest BCUT2D eigenvalue weighted by atomic mass is 16.6. The first-order valence-electron chi connectivity index (χ1n) is 9.09. The van der Waals surface area contributed by atoms with E-state index >= 15 is 0 Å². The van der Waals surface area contributed by atoms with Crippen LogP contribution in [-0.4, -0.2) is 62.4 Å². The molecule has 27 heavy (non-hydrogen) atoms. The zero-order valence-electron chi connectivity index (χ0n) is 15.4. The van der Waals surface area contributed by atoms with Gasteiger partial charge in [0.05, 0.1) is 20.2 Å². The van der Waals surface area contributed by atoms with E-state index in [4.69, 9.17) is 9.47 Å². The van der Waals surface area contributed by atoms with Crippen LogP contribution in [0.3, 0.4) is 0 Å². The number of likely N-dealkylation sites (tertiary alicyclic amines) is 1. The van der Waals surface area contributed by atoms with Crippen molar-refractivity contribution >= 4 is 23.8 Å². The summed E-state index contributed by atoms with van der Waals surface area (Å²) in [7, 11) is 1.40. The number of ether oxygens (including phenoxy) is 2. The predicted octanol–water partition coefficient (Wildman–Crippen LogP) is 1.49. The number of methoxy groups -OCH3 is 1. The summed E-state index contributed by atoms with van der Waals surface area (Å²) in [5, 5.41) is 2.67. The summed E-state index contributed by atoms with van der Waals surface area (Å²) in [5.74, 6) is 0.325. The quantitative estimate of drug-likeness (QED) is 0.864. The topological polar surface area (TPSA) is 88.2 Å². The molecule has 2 aliphatic heterocycles. The summed E-state index contributed by atoms with van der Waals surface area (Å²) in [6.45, 7) is 3.56. The third kappa shape index (κ3) is 3.09. The third-order valence-electron chi connectivity index (χ3n) is 5.79. The lowest BCUT2D eigenvalue weighted by Gasteiger charge is -2.20. The lowest BCUT2D eigenvalue weighted by atomic mass is 9.95. The molecule has 1 aromatic carbocycles. The van der Waals surface area contributed by atoms with Crippen molar-refractivity contribution in [2.75, 3.05) is 38.2 Å². The van der Waals surface area contributed by atoms with E-state index in [0.29, 0.717) is 25.6 Å². The van der Waals surface area contributed by atoms with Crippen molar-refractivity contribution < 1.29 is 23.9 Å². The maximum Gasteiger partial charge on any atom is 0.414 e. The van der Waals surface area contributed by atoms with Gasteiger partial charge in [-0.15, -0.1) is 0 Å². The van der Waals surface area contributed by atoms with Gasteiger partial charge in [0.2, 0.25) is 5.91 Å². The third-order valence-corrected chi connectivity index (χ3v) is 5.79. The van der Waals surface area contributed by atoms with E-state index in [1.807, 2.05) is 24.3 Å². The minimum absolute atomic E-state index is 0.0200. The highest BCUT2D eigenvalue weighted by Gasteiger charge is 2.61. The predicted molar refractivity (Wildman–Crippen MR) is 96.5 cm³/mol. The number of cyclic esters (lactones) is 1. The molecule has 0 radical (unpaired) electrons. The Kier molecular flexibility index (Phi) is 4.20. The Morgan fingerprint density at radius 3 is 2.70 bits per heavy atom. The molecule has 2 saturated heterocycles. The lowest BCUT2D eigenvalue weighted by molar-refractivity contribution is -0.119. The molecule has 1 saturated carbocycles. The van der Waals surface area contributed by atoms with Gasteiger partial charge in [0.15, 0.2) is 0 Å². The van der Waals surface area contributed by atoms with Gasteiger partial charge in [-0.05, 0) is 30.0 Å². The molecule has 1 N–H and O–H groups in total. The van der Waals surface area contributed by atoms with Crippen molar-refractivity contribution in [3.63, 3.8) is 0 Å². The Morgan fingerprint density at radius 2 is 2.04 bits per heavy atom. The molecule has 2 heterocycles. The van der Waals surface area contributed by atoms with Crippen LogP contribution in [0.2, 0.25) is 0 Å². The average molecular weight is 373 g/mol. The Hall–Kier alpha value is -2.77. The van der Waals surface area contributed by atoms with Crippen LogP contribution < -0.4 is 10.2 Å². The highest BCUT2D eigenvalue weighted by molar-refractivity contribution is 5.89. The van der Waals surface area contributed by atoms with Gasteiger partial charge >= 0.3 is 12.2 Å². The first-order valence-corrected chi connectivity index (χ1v) is 9.09. The largest absolute Gasteiger partial charge is 0.453 e. The molecule has 8 heteroatoms. The Labute approximate surface area is 157 Å². The van der Waals surface area contributed by atoms with E-state index in [2.05, 4.69) is 5.32 Å². The standard InChI is InChI=1S/C19H23N3O5/c1-12(23)20-8-16-10-22(18(25)27-16)15-5-3-13(4-6-15)19-7-14(19)9-21(11-19)17(24)26-2/h3-6,14,16H,7-11H2,1-2H3,(H,20,23)/t14-,16?,19+/m0/s1. The first kappa shape index (κ1) is 17.6. The van der Waals surface area contributed by atoms with Gasteiger partial charge < -0.3 is 19.7 Å². The van der Waals surface area contributed by atoms with Crippen molar-refractivity contribution in [1.82, 2.24) is 10.2 Å². The van der Waals surface area contributed by atoms with Crippen molar-refractivity contribution in [1.29, 1.82) is 0 Å². The normalized spacial score (nSPS) is 28.6. The number of rotatable bonds is 4. The number of hydrogen-bond donors (Lipinski definition) is 1. The maximum absolute atomic E-state index is 12.1. The first-order chi connectivity index (χ1) is 12.9. The molecule has 0 bridgehead atoms. The minimum atomic E-state index is -0.404. The second-order valence-corrected chi connectivity index (χ2v) is 7.51. The van der Waals surface area contributed by atoms with Gasteiger partial charge in [-0.3, -0.25) is 9.69 Å². The van der Waals surface area contributed by atoms with Crippen LogP contribution in [0.25, 0.3) is 0 Å². The highest BCUT2D eigenvalue weighted by Crippen LogP contribution is 2.59. The van der Waals surface area contributed by atoms with Crippen LogP contribution in [0.4, 0.5) is 15.3 Å². The number of nitrogens with zero attached hydrogens (tertiary/aromatic N) is 2. The summed E-state index contributed by atoms with van der Waals surface area (Å²) >= 11 is 0. The van der Waals surface area contributed by atoms with Crippen molar-refractivity contribution in [2.24, 2.45) is 5.92 Å². The number of hydrogen-bond acceptors (Lipinski definition) is 5. The van der Waals surface area contributed by atoms with Crippen LogP contribution in [0.15, 0.2) is 24.3 Å². The van der Waals surface area contributed by atoms with Crippen LogP contribution >= 0.6 is 0 Å². The van der Waals surface area contributed by atoms with Crippen LogP contribution in [0, 0.1) is 5.92 Å². The molecule has 3 atom stereocenters. The van der Waals surface area contributed by atoms with Gasteiger partial charge in [0, 0.05) is 31.1 Å². The van der Waals surface area contributed by atoms with Crippen molar-refractivity contribution in [3.8, 4) is 0 Å². The molecule has 4 rings (SSSR count). The Balaban J connectivity index is 1.42. The fourth-order valence-corrected chi connectivity index (χ4v) is 4.27. The molecule has 3 amide bonds. The second-order valence-electron chi connectivity index (χ2n) is 7.51. The molecular formula is C19H23N3O5. The molecular weight excluding hydrogens is 350 g/mol. The minimum Gasteiger partial charge on any atom is -0.453 e. The fraction of sp³-hybridized carbons (Fsp3) is 0.526. The number of carbonyl (C=O) groups excluding carboxylic acids is 3. The second kappa shape index (κ2) is 6.44. The molecule has 0 aromatic heterocycles. The number of amides is 3. The number of fused-ring (bicyclic) bond motifs is 1. The summed E-state index contributed by atoms with van der Waals surface area (Å²) in [6, 6.07) is 7.90. The SMILES string of the molecule is COC(=O)N1C[C@@H]2C[C@]2(c2ccc(N3CC(CNC(C)=O)OC3=O)cc2)C1. The summed E-state index contributed by atoms with van der Waals surface area (Å²) in [5.41, 5.74) is 1.97. The van der Waals surface area contributed by atoms with Crippen LogP contribution in [0.5, 0.6) is 0 Å². The summed E-state index contributed by atoms with van der Waals surface area (Å²) in [4.78, 5) is 38.2. The fourth-order valence-electron chi connectivity index (χ4n) is 4.27. The Morgan fingerprint density at radius 1 is 1.30 bits per heavy atom. The van der Waals surface area contributed by atoms with E-state index < -0.39 is 6.09 Å². The number of nitrogens with one attached hydrogen (secondary N) is 1. The van der Waals surface area contributed by atoms with E-state index in [1.54, 1.807) is 9.80 Å². The molecule has 8 nitrogen and oxygen atoms in total. The zero-order valence-corrected chi connectivity index (χ0v) is 15.4. The molecule has 0 spiro atoms. The molecule has 3 aliphatic rings. The van der Waals surface area contributed by atoms with Crippen molar-refractivity contribution in [3.05, 3.63) is 29.8 Å². The summed E-state index contributed by atoms with van der Waals surface area (Å²) < 4.78 is 10.1. The van der Waals surface area contributed by atoms with Gasteiger partial charge in [0.1, 0.15) is 6.10 Å². The van der Waals surface area contributed by atoms with Crippen molar-refractivity contribution in [2.45, 2.75) is 24.9 Å². The number of piperidine rings is 1. The molecule has 1 aliphatic carbocycles. The average Bonchev–Trinajstić information content (AvgIpc) is 3.03. The van der Waals surface area contributed by atoms with E-state index in [9.17, 15) is 14.4 Å². The Bertz CT molecular complexity index is 780. The maximum atomic E-state index is 12.1. The molecule has 3 fully saturated rings. The van der Waals surface area contributed by atoms with E-state index in [-0.39, 0.29) is 23.5 Å². The van der Waals surface area contributed by atoms with E-state index in [1.165, 1.54) is 19.6 Å². The summed E-state index contributed by atoms with van der Waals surface area (Å²) in [6.07, 6.45) is 0.0437. The van der Waals surface area contributed by atoms with Gasteiger partial charge in [-0.1, -0.05) is 12.1 Å². The monoisotopic (exact) mass is 373 g/mol. The van der Waals surface area contributed by atoms with Gasteiger partial charge in [0.25, 0.3) is 0 Å². The number of benzene rings is 1. The number of anilines is 1.